The third-order valence-electron chi connectivity index (χ3n) is 3.38. The molecule has 1 aromatic carbocycles. The highest BCUT2D eigenvalue weighted by Gasteiger charge is 2.30. The Morgan fingerprint density at radius 2 is 2.12 bits per heavy atom. The third-order valence-corrected chi connectivity index (χ3v) is 3.38. The van der Waals surface area contributed by atoms with Crippen LogP contribution >= 0.6 is 0 Å². The van der Waals surface area contributed by atoms with Gasteiger partial charge >= 0.3 is 12.1 Å². The number of aliphatic carboxylic acids is 1. The Morgan fingerprint density at radius 1 is 1.38 bits per heavy atom. The standard InChI is InChI=1S/C15H15F3N4O4/c1-26-6-5-11(14(24)25)19-13(23)12-8-22(21-20-12)10-4-2-3-9(7-10)15(16,17)18/h2-4,7-8,11H,5-6H2,1H3,(H,19,23)(H,24,25). The largest absolute Gasteiger partial charge is 0.480 e. The Balaban J connectivity index is 2.16. The lowest BCUT2D eigenvalue weighted by atomic mass is 10.2. The van der Waals surface area contributed by atoms with Crippen LogP contribution in [0, 0.1) is 0 Å². The molecule has 1 amide bonds. The molecule has 0 fully saturated rings. The van der Waals surface area contributed by atoms with Crippen LogP contribution in [-0.2, 0) is 15.7 Å². The summed E-state index contributed by atoms with van der Waals surface area (Å²) in [6.45, 7) is 0.119. The minimum absolute atomic E-state index is 0.0410. The van der Waals surface area contributed by atoms with Gasteiger partial charge in [-0.15, -0.1) is 5.10 Å². The van der Waals surface area contributed by atoms with Gasteiger partial charge in [0.25, 0.3) is 5.91 Å². The molecule has 0 aliphatic heterocycles. The average Bonchev–Trinajstić information content (AvgIpc) is 3.07. The smallest absolute Gasteiger partial charge is 0.416 e. The number of ether oxygens (including phenoxy) is 1. The van der Waals surface area contributed by atoms with E-state index in [0.29, 0.717) is 0 Å². The number of methoxy groups -OCH3 is 1. The molecule has 0 aliphatic carbocycles. The molecule has 2 aromatic rings. The molecule has 11 heteroatoms. The first-order chi connectivity index (χ1) is 12.2. The first-order valence-electron chi connectivity index (χ1n) is 7.35. The molecule has 2 rings (SSSR count). The number of carboxylic acids is 1. The van der Waals surface area contributed by atoms with Gasteiger partial charge in [0, 0.05) is 20.1 Å². The molecular weight excluding hydrogens is 357 g/mol. The molecule has 0 radical (unpaired) electrons. The van der Waals surface area contributed by atoms with E-state index in [1.807, 2.05) is 0 Å². The number of hydrogen-bond acceptors (Lipinski definition) is 5. The highest BCUT2D eigenvalue weighted by molar-refractivity contribution is 5.94. The van der Waals surface area contributed by atoms with Crippen molar-refractivity contribution in [3.63, 3.8) is 0 Å². The van der Waals surface area contributed by atoms with Crippen molar-refractivity contribution in [2.45, 2.75) is 18.6 Å². The van der Waals surface area contributed by atoms with Crippen molar-refractivity contribution in [2.24, 2.45) is 0 Å². The minimum Gasteiger partial charge on any atom is -0.480 e. The lowest BCUT2D eigenvalue weighted by Gasteiger charge is -2.12. The topological polar surface area (TPSA) is 106 Å². The Hall–Kier alpha value is -2.95. The predicted molar refractivity (Wildman–Crippen MR) is 81.7 cm³/mol. The van der Waals surface area contributed by atoms with E-state index in [9.17, 15) is 22.8 Å². The molecule has 1 atom stereocenters. The summed E-state index contributed by atoms with van der Waals surface area (Å²) in [5, 5.41) is 18.5. The second-order valence-corrected chi connectivity index (χ2v) is 5.24. The van der Waals surface area contributed by atoms with Gasteiger partial charge in [-0.2, -0.15) is 13.2 Å². The quantitative estimate of drug-likeness (QED) is 0.763. The van der Waals surface area contributed by atoms with Crippen molar-refractivity contribution in [2.75, 3.05) is 13.7 Å². The number of benzene rings is 1. The van der Waals surface area contributed by atoms with Crippen LogP contribution in [0.3, 0.4) is 0 Å². The molecule has 1 aromatic heterocycles. The summed E-state index contributed by atoms with van der Waals surface area (Å²) in [6.07, 6.45) is -3.37. The lowest BCUT2D eigenvalue weighted by Crippen LogP contribution is -2.41. The second-order valence-electron chi connectivity index (χ2n) is 5.24. The molecule has 0 saturated heterocycles. The summed E-state index contributed by atoms with van der Waals surface area (Å²) in [4.78, 5) is 23.2. The van der Waals surface area contributed by atoms with Gasteiger partial charge in [-0.1, -0.05) is 11.3 Å². The number of nitrogens with one attached hydrogen (secondary N) is 1. The molecule has 1 heterocycles. The molecule has 2 N–H and O–H groups in total. The van der Waals surface area contributed by atoms with E-state index in [-0.39, 0.29) is 24.4 Å². The number of rotatable bonds is 7. The second kappa shape index (κ2) is 7.95. The summed E-state index contributed by atoms with van der Waals surface area (Å²) < 4.78 is 44.1. The number of halogens is 3. The maximum atomic E-state index is 12.8. The van der Waals surface area contributed by atoms with Crippen LogP contribution in [0.1, 0.15) is 22.5 Å². The Labute approximate surface area is 145 Å². The van der Waals surface area contributed by atoms with E-state index < -0.39 is 29.7 Å². The number of nitrogens with zero attached hydrogens (tertiary/aromatic N) is 3. The fourth-order valence-corrected chi connectivity index (χ4v) is 2.04. The predicted octanol–water partition coefficient (Wildman–Crippen LogP) is 1.51. The molecule has 1 unspecified atom stereocenters. The van der Waals surface area contributed by atoms with Crippen molar-refractivity contribution in [3.8, 4) is 5.69 Å². The molecule has 0 saturated carbocycles. The number of carbonyl (C=O) groups excluding carboxylic acids is 1. The number of alkyl halides is 3. The maximum Gasteiger partial charge on any atom is 0.416 e. The van der Waals surface area contributed by atoms with Gasteiger partial charge in [0.05, 0.1) is 17.4 Å². The van der Waals surface area contributed by atoms with Crippen LogP contribution in [-0.4, -0.2) is 51.7 Å². The van der Waals surface area contributed by atoms with Gasteiger partial charge in [0.1, 0.15) is 6.04 Å². The number of aromatic nitrogens is 3. The zero-order valence-electron chi connectivity index (χ0n) is 13.5. The zero-order chi connectivity index (χ0) is 19.3. The molecular formula is C15H15F3N4O4. The van der Waals surface area contributed by atoms with Gasteiger partial charge < -0.3 is 15.2 Å². The van der Waals surface area contributed by atoms with Gasteiger partial charge in [-0.3, -0.25) is 4.79 Å². The van der Waals surface area contributed by atoms with E-state index in [2.05, 4.69) is 15.6 Å². The Morgan fingerprint density at radius 3 is 2.73 bits per heavy atom. The first-order valence-corrected chi connectivity index (χ1v) is 7.35. The van der Waals surface area contributed by atoms with Crippen LogP contribution in [0.25, 0.3) is 5.69 Å². The molecule has 140 valence electrons. The fraction of sp³-hybridized carbons (Fsp3) is 0.333. The third kappa shape index (κ3) is 4.79. The van der Waals surface area contributed by atoms with Crippen molar-refractivity contribution < 1.29 is 32.6 Å². The number of amides is 1. The van der Waals surface area contributed by atoms with Gasteiger partial charge in [0.15, 0.2) is 5.69 Å². The summed E-state index contributed by atoms with van der Waals surface area (Å²) >= 11 is 0. The van der Waals surface area contributed by atoms with Gasteiger partial charge in [-0.05, 0) is 18.2 Å². The molecule has 8 nitrogen and oxygen atoms in total. The van der Waals surface area contributed by atoms with Crippen LogP contribution in [0.2, 0.25) is 0 Å². The van der Waals surface area contributed by atoms with E-state index in [1.165, 1.54) is 19.2 Å². The molecule has 0 bridgehead atoms. The van der Waals surface area contributed by atoms with Crippen molar-refractivity contribution in [1.82, 2.24) is 20.3 Å². The summed E-state index contributed by atoms with van der Waals surface area (Å²) in [7, 11) is 1.39. The number of carbonyl (C=O) groups is 2. The van der Waals surface area contributed by atoms with Crippen LogP contribution in [0.4, 0.5) is 13.2 Å². The highest BCUT2D eigenvalue weighted by atomic mass is 19.4. The lowest BCUT2D eigenvalue weighted by molar-refractivity contribution is -0.140. The SMILES string of the molecule is COCCC(NC(=O)c1cn(-c2cccc(C(F)(F)F)c2)nn1)C(=O)O. The van der Waals surface area contributed by atoms with E-state index in [1.54, 1.807) is 0 Å². The highest BCUT2D eigenvalue weighted by Crippen LogP contribution is 2.30. The fourth-order valence-electron chi connectivity index (χ4n) is 2.04. The van der Waals surface area contributed by atoms with Crippen molar-refractivity contribution in [1.29, 1.82) is 0 Å². The van der Waals surface area contributed by atoms with E-state index in [4.69, 9.17) is 9.84 Å². The van der Waals surface area contributed by atoms with Crippen LogP contribution < -0.4 is 5.32 Å². The summed E-state index contributed by atoms with van der Waals surface area (Å²) in [5.74, 6) is -2.06. The normalized spacial score (nSPS) is 12.6. The van der Waals surface area contributed by atoms with Gasteiger partial charge in [-0.25, -0.2) is 9.48 Å². The summed E-state index contributed by atoms with van der Waals surface area (Å²) in [6, 6.07) is 3.13. The minimum atomic E-state index is -4.52. The monoisotopic (exact) mass is 372 g/mol. The van der Waals surface area contributed by atoms with Crippen LogP contribution in [0.15, 0.2) is 30.5 Å². The molecule has 0 spiro atoms. The number of hydrogen-bond donors (Lipinski definition) is 2. The van der Waals surface area contributed by atoms with Gasteiger partial charge in [0.2, 0.25) is 0 Å². The Bertz CT molecular complexity index is 791. The van der Waals surface area contributed by atoms with E-state index >= 15 is 0 Å². The summed E-state index contributed by atoms with van der Waals surface area (Å²) in [5.41, 5.74) is -1.05. The van der Waals surface area contributed by atoms with Crippen molar-refractivity contribution >= 4 is 11.9 Å². The first kappa shape index (κ1) is 19.4. The maximum absolute atomic E-state index is 12.8. The zero-order valence-corrected chi connectivity index (χ0v) is 13.5. The number of carboxylic acid groups (broad SMARTS) is 1. The van der Waals surface area contributed by atoms with Crippen LogP contribution in [0.5, 0.6) is 0 Å². The van der Waals surface area contributed by atoms with Crippen molar-refractivity contribution in [3.05, 3.63) is 41.7 Å². The Kier molecular flexibility index (Phi) is 5.93. The molecule has 26 heavy (non-hydrogen) atoms. The molecule has 0 aliphatic rings. The van der Waals surface area contributed by atoms with E-state index in [0.717, 1.165) is 23.0 Å². The average molecular weight is 372 g/mol.